The van der Waals surface area contributed by atoms with Gasteiger partial charge in [-0.15, -0.1) is 0 Å². The highest BCUT2D eigenvalue weighted by atomic mass is 15.2. The second-order valence-corrected chi connectivity index (χ2v) is 15.3. The molecule has 0 aliphatic heterocycles. The molecule has 3 heteroatoms. The molecule has 0 aliphatic rings. The standard InChI is InChI=1S/C55H37N3/c1-35-31-49(57(39-16-5-3-6-17-39)40-18-7-4-8-19-40)47-29-30-48-50(32-36(2)53-46-24-14-13-23-45(46)52(35)54(47)55(48)53)58(41-27-25-37(34-56)26-28-41)51-33-38-15-9-10-20-42(38)43-21-11-12-22-44(43)51/h3-33H,1-2H3. The first-order chi connectivity index (χ1) is 28.6. The first-order valence-electron chi connectivity index (χ1n) is 19.8. The van der Waals surface area contributed by atoms with Crippen LogP contribution in [0, 0.1) is 25.2 Å². The van der Waals surface area contributed by atoms with Crippen LogP contribution in [0.15, 0.2) is 188 Å². The minimum absolute atomic E-state index is 0.634. The molecule has 58 heavy (non-hydrogen) atoms. The zero-order chi connectivity index (χ0) is 38.9. The summed E-state index contributed by atoms with van der Waals surface area (Å²) >= 11 is 0. The van der Waals surface area contributed by atoms with Crippen molar-refractivity contribution in [1.82, 2.24) is 0 Å². The van der Waals surface area contributed by atoms with Gasteiger partial charge in [-0.05, 0) is 129 Å². The molecule has 0 N–H and O–H groups in total. The van der Waals surface area contributed by atoms with Gasteiger partial charge in [-0.25, -0.2) is 0 Å². The highest BCUT2D eigenvalue weighted by Crippen LogP contribution is 2.52. The van der Waals surface area contributed by atoms with E-state index in [-0.39, 0.29) is 0 Å². The number of hydrogen-bond donors (Lipinski definition) is 0. The van der Waals surface area contributed by atoms with Crippen LogP contribution < -0.4 is 9.80 Å². The fraction of sp³-hybridized carbons (Fsp3) is 0.0364. The Morgan fingerprint density at radius 3 is 1.33 bits per heavy atom. The van der Waals surface area contributed by atoms with Gasteiger partial charge in [0.2, 0.25) is 0 Å². The van der Waals surface area contributed by atoms with Crippen molar-refractivity contribution in [3.05, 3.63) is 205 Å². The van der Waals surface area contributed by atoms with E-state index in [9.17, 15) is 5.26 Å². The molecule has 0 fully saturated rings. The third kappa shape index (κ3) is 5.06. The molecule has 0 aliphatic carbocycles. The van der Waals surface area contributed by atoms with Crippen LogP contribution in [0.3, 0.4) is 0 Å². The van der Waals surface area contributed by atoms with E-state index in [0.29, 0.717) is 5.56 Å². The SMILES string of the molecule is Cc1cc(N(c2ccccc2)c2ccccc2)c2ccc3c(N(c4ccc(C#N)cc4)c4cc5ccccc5c5ccccc45)cc(C)c4c5ccccc5c1c2c34. The molecular formula is C55H37N3. The van der Waals surface area contributed by atoms with E-state index in [2.05, 4.69) is 206 Å². The zero-order valence-corrected chi connectivity index (χ0v) is 32.2. The fourth-order valence-corrected chi connectivity index (χ4v) is 9.53. The molecule has 0 saturated carbocycles. The van der Waals surface area contributed by atoms with Crippen molar-refractivity contribution in [2.75, 3.05) is 9.80 Å². The Balaban J connectivity index is 1.30. The van der Waals surface area contributed by atoms with Gasteiger partial charge in [0.25, 0.3) is 0 Å². The third-order valence-corrected chi connectivity index (χ3v) is 12.0. The van der Waals surface area contributed by atoms with Gasteiger partial charge < -0.3 is 9.80 Å². The van der Waals surface area contributed by atoms with Gasteiger partial charge in [0, 0.05) is 44.0 Å². The summed E-state index contributed by atoms with van der Waals surface area (Å²) in [4.78, 5) is 4.82. The summed E-state index contributed by atoms with van der Waals surface area (Å²) in [6, 6.07) is 69.9. The van der Waals surface area contributed by atoms with Gasteiger partial charge in [0.15, 0.2) is 0 Å². The number of hydrogen-bond acceptors (Lipinski definition) is 3. The van der Waals surface area contributed by atoms with E-state index in [0.717, 1.165) is 34.1 Å². The van der Waals surface area contributed by atoms with E-state index >= 15 is 0 Å². The van der Waals surface area contributed by atoms with Crippen molar-refractivity contribution in [1.29, 1.82) is 5.26 Å². The fourth-order valence-electron chi connectivity index (χ4n) is 9.53. The lowest BCUT2D eigenvalue weighted by Crippen LogP contribution is -2.13. The Bertz CT molecular complexity index is 3380. The summed E-state index contributed by atoms with van der Waals surface area (Å²) in [6.07, 6.45) is 0. The lowest BCUT2D eigenvalue weighted by Gasteiger charge is -2.31. The maximum absolute atomic E-state index is 9.84. The highest BCUT2D eigenvalue weighted by molar-refractivity contribution is 6.38. The summed E-state index contributed by atoms with van der Waals surface area (Å²) in [5.74, 6) is 0. The third-order valence-electron chi connectivity index (χ3n) is 12.0. The molecule has 0 spiro atoms. The highest BCUT2D eigenvalue weighted by Gasteiger charge is 2.26. The molecule has 0 saturated heterocycles. The molecule has 11 rings (SSSR count). The van der Waals surface area contributed by atoms with Gasteiger partial charge in [-0.3, -0.25) is 0 Å². The van der Waals surface area contributed by atoms with E-state index in [1.807, 2.05) is 12.1 Å². The number of nitriles is 1. The lowest BCUT2D eigenvalue weighted by molar-refractivity contribution is 1.29. The smallest absolute Gasteiger partial charge is 0.0991 e. The predicted octanol–water partition coefficient (Wildman–Crippen LogP) is 15.5. The Hall–Kier alpha value is -7.67. The van der Waals surface area contributed by atoms with Crippen LogP contribution in [0.1, 0.15) is 16.7 Å². The summed E-state index contributed by atoms with van der Waals surface area (Å²) < 4.78 is 0. The molecule has 0 atom stereocenters. The van der Waals surface area contributed by atoms with Crippen LogP contribution in [-0.2, 0) is 0 Å². The van der Waals surface area contributed by atoms with Crippen molar-refractivity contribution in [2.24, 2.45) is 0 Å². The molecule has 11 aromatic rings. The quantitative estimate of drug-likeness (QED) is 0.126. The van der Waals surface area contributed by atoms with Crippen molar-refractivity contribution in [3.8, 4) is 6.07 Å². The van der Waals surface area contributed by atoms with Gasteiger partial charge in [-0.1, -0.05) is 121 Å². The maximum Gasteiger partial charge on any atom is 0.0991 e. The van der Waals surface area contributed by atoms with Crippen LogP contribution in [0.5, 0.6) is 0 Å². The molecule has 272 valence electrons. The Kier molecular flexibility index (Phi) is 7.67. The maximum atomic E-state index is 9.84. The van der Waals surface area contributed by atoms with E-state index in [4.69, 9.17) is 0 Å². The van der Waals surface area contributed by atoms with Gasteiger partial charge in [0.1, 0.15) is 0 Å². The number of fused-ring (bicyclic) bond motifs is 6. The van der Waals surface area contributed by atoms with Crippen LogP contribution in [0.4, 0.5) is 34.1 Å². The molecule has 3 nitrogen and oxygen atoms in total. The van der Waals surface area contributed by atoms with E-state index < -0.39 is 0 Å². The zero-order valence-electron chi connectivity index (χ0n) is 32.2. The average molecular weight is 740 g/mol. The average Bonchev–Trinajstić information content (AvgIpc) is 3.28. The summed E-state index contributed by atoms with van der Waals surface area (Å²) in [5.41, 5.74) is 9.63. The minimum Gasteiger partial charge on any atom is -0.310 e. The van der Waals surface area contributed by atoms with Crippen LogP contribution in [0.2, 0.25) is 0 Å². The number of nitrogens with zero attached hydrogens (tertiary/aromatic N) is 3. The van der Waals surface area contributed by atoms with Crippen LogP contribution in [0.25, 0.3) is 64.6 Å². The topological polar surface area (TPSA) is 30.3 Å². The van der Waals surface area contributed by atoms with Gasteiger partial charge in [-0.2, -0.15) is 5.26 Å². The largest absolute Gasteiger partial charge is 0.310 e. The molecule has 11 aromatic carbocycles. The number of rotatable bonds is 6. The van der Waals surface area contributed by atoms with E-state index in [1.54, 1.807) is 0 Å². The lowest BCUT2D eigenvalue weighted by atomic mass is 9.84. The van der Waals surface area contributed by atoms with Crippen LogP contribution >= 0.6 is 0 Å². The van der Waals surface area contributed by atoms with E-state index in [1.165, 1.54) is 75.8 Å². The first kappa shape index (κ1) is 33.6. The van der Waals surface area contributed by atoms with Crippen LogP contribution in [-0.4, -0.2) is 0 Å². The molecular weight excluding hydrogens is 703 g/mol. The number of benzene rings is 11. The second kappa shape index (κ2) is 13.2. The number of aryl methyl sites for hydroxylation is 2. The van der Waals surface area contributed by atoms with Gasteiger partial charge >= 0.3 is 0 Å². The molecule has 0 unspecified atom stereocenters. The minimum atomic E-state index is 0.634. The molecule has 0 radical (unpaired) electrons. The Morgan fingerprint density at radius 2 is 0.776 bits per heavy atom. The van der Waals surface area contributed by atoms with Crippen molar-refractivity contribution < 1.29 is 0 Å². The predicted molar refractivity (Wildman–Crippen MR) is 246 cm³/mol. The summed E-state index contributed by atoms with van der Waals surface area (Å²) in [5, 5.41) is 24.6. The molecule has 0 bridgehead atoms. The van der Waals surface area contributed by atoms with Gasteiger partial charge in [0.05, 0.1) is 28.7 Å². The van der Waals surface area contributed by atoms with Crippen molar-refractivity contribution >= 4 is 98.8 Å². The Morgan fingerprint density at radius 1 is 0.345 bits per heavy atom. The Labute approximate surface area is 337 Å². The second-order valence-electron chi connectivity index (χ2n) is 15.3. The van der Waals surface area contributed by atoms with Crippen molar-refractivity contribution in [3.63, 3.8) is 0 Å². The summed E-state index contributed by atoms with van der Waals surface area (Å²) in [7, 11) is 0. The molecule has 0 amide bonds. The normalized spacial score (nSPS) is 11.6. The molecule has 0 heterocycles. The number of para-hydroxylation sites is 2. The summed E-state index contributed by atoms with van der Waals surface area (Å²) in [6.45, 7) is 4.54. The first-order valence-corrected chi connectivity index (χ1v) is 19.8. The number of anilines is 6. The molecule has 0 aromatic heterocycles. The monoisotopic (exact) mass is 739 g/mol. The van der Waals surface area contributed by atoms with Crippen molar-refractivity contribution in [2.45, 2.75) is 13.8 Å².